The number of hydrogen-bond donors (Lipinski definition) is 0. The molecule has 0 bridgehead atoms. The molecular formula is C13H23FN2O2. The quantitative estimate of drug-likeness (QED) is 0.756. The molecule has 2 atom stereocenters. The number of likely N-dealkylation sites (tertiary alicyclic amines) is 2. The topological polar surface area (TPSA) is 32.8 Å². The number of carbonyl (C=O) groups excluding carboxylic acids is 1. The molecule has 104 valence electrons. The molecule has 2 fully saturated rings. The Bertz CT molecular complexity index is 303. The summed E-state index contributed by atoms with van der Waals surface area (Å²) in [5.74, 6) is 0.980. The standard InChI is InChI=1S/C13H23FN2O2/c1-13(2,3)18-12(17)16-8-10-6-15(5-4-14)7-11(10)9-16/h10-11H,4-9H2,1-3H3. The van der Waals surface area contributed by atoms with Crippen molar-refractivity contribution in [3.05, 3.63) is 0 Å². The number of fused-ring (bicyclic) bond motifs is 1. The molecule has 2 aliphatic heterocycles. The highest BCUT2D eigenvalue weighted by Gasteiger charge is 2.42. The lowest BCUT2D eigenvalue weighted by Gasteiger charge is -2.25. The number of carbonyl (C=O) groups is 1. The van der Waals surface area contributed by atoms with Crippen molar-refractivity contribution in [2.24, 2.45) is 11.8 Å². The number of rotatable bonds is 2. The van der Waals surface area contributed by atoms with E-state index in [9.17, 15) is 9.18 Å². The van der Waals surface area contributed by atoms with Crippen molar-refractivity contribution < 1.29 is 13.9 Å². The van der Waals surface area contributed by atoms with Gasteiger partial charge in [-0.05, 0) is 32.6 Å². The fourth-order valence-electron chi connectivity index (χ4n) is 2.87. The smallest absolute Gasteiger partial charge is 0.410 e. The molecule has 2 saturated heterocycles. The SMILES string of the molecule is CC(C)(C)OC(=O)N1CC2CN(CCF)CC2C1. The number of amides is 1. The Hall–Kier alpha value is -0.840. The third kappa shape index (κ3) is 3.13. The number of nitrogens with zero attached hydrogens (tertiary/aromatic N) is 2. The molecule has 0 aromatic carbocycles. The Labute approximate surface area is 108 Å². The van der Waals surface area contributed by atoms with Crippen molar-refractivity contribution >= 4 is 6.09 Å². The van der Waals surface area contributed by atoms with E-state index in [0.717, 1.165) is 26.2 Å². The lowest BCUT2D eigenvalue weighted by atomic mass is 10.0. The third-order valence-electron chi connectivity index (χ3n) is 3.61. The van der Waals surface area contributed by atoms with Crippen LogP contribution in [0.2, 0.25) is 0 Å². The highest BCUT2D eigenvalue weighted by atomic mass is 19.1. The van der Waals surface area contributed by atoms with Crippen LogP contribution in [-0.2, 0) is 4.74 Å². The van der Waals surface area contributed by atoms with E-state index in [1.165, 1.54) is 0 Å². The second kappa shape index (κ2) is 5.03. The first kappa shape index (κ1) is 13.6. The van der Waals surface area contributed by atoms with Crippen molar-refractivity contribution in [2.75, 3.05) is 39.4 Å². The molecule has 0 spiro atoms. The first-order valence-corrected chi connectivity index (χ1v) is 6.65. The number of alkyl halides is 1. The molecule has 0 N–H and O–H groups in total. The van der Waals surface area contributed by atoms with Crippen molar-refractivity contribution in [3.8, 4) is 0 Å². The van der Waals surface area contributed by atoms with Crippen LogP contribution < -0.4 is 0 Å². The minimum absolute atomic E-state index is 0.214. The van der Waals surface area contributed by atoms with E-state index >= 15 is 0 Å². The summed E-state index contributed by atoms with van der Waals surface area (Å²) >= 11 is 0. The van der Waals surface area contributed by atoms with Gasteiger partial charge in [0.1, 0.15) is 12.3 Å². The minimum atomic E-state index is -0.435. The van der Waals surface area contributed by atoms with Crippen LogP contribution in [0.1, 0.15) is 20.8 Å². The Balaban J connectivity index is 1.83. The van der Waals surface area contributed by atoms with Crippen molar-refractivity contribution in [1.82, 2.24) is 9.80 Å². The number of ether oxygens (including phenoxy) is 1. The summed E-state index contributed by atoms with van der Waals surface area (Å²) in [4.78, 5) is 15.9. The number of halogens is 1. The molecule has 0 radical (unpaired) electrons. The maximum atomic E-state index is 12.3. The molecule has 0 saturated carbocycles. The fraction of sp³-hybridized carbons (Fsp3) is 0.923. The summed E-state index contributed by atoms with van der Waals surface area (Å²) in [5, 5.41) is 0. The lowest BCUT2D eigenvalue weighted by molar-refractivity contribution is 0.0274. The summed E-state index contributed by atoms with van der Waals surface area (Å²) in [6, 6.07) is 0. The maximum absolute atomic E-state index is 12.3. The molecule has 2 heterocycles. The van der Waals surface area contributed by atoms with Gasteiger partial charge in [-0.2, -0.15) is 0 Å². The van der Waals surface area contributed by atoms with Crippen molar-refractivity contribution in [1.29, 1.82) is 0 Å². The highest BCUT2D eigenvalue weighted by molar-refractivity contribution is 5.68. The van der Waals surface area contributed by atoms with Crippen molar-refractivity contribution in [3.63, 3.8) is 0 Å². The molecule has 2 unspecified atom stereocenters. The summed E-state index contributed by atoms with van der Waals surface area (Å²) in [7, 11) is 0. The molecule has 4 nitrogen and oxygen atoms in total. The molecular weight excluding hydrogens is 235 g/mol. The van der Waals surface area contributed by atoms with E-state index in [-0.39, 0.29) is 12.8 Å². The van der Waals surface area contributed by atoms with Gasteiger partial charge in [0, 0.05) is 32.7 Å². The molecule has 2 rings (SSSR count). The summed E-state index contributed by atoms with van der Waals surface area (Å²) < 4.78 is 17.7. The van der Waals surface area contributed by atoms with E-state index in [4.69, 9.17) is 4.74 Å². The summed E-state index contributed by atoms with van der Waals surface area (Å²) in [6.45, 7) is 9.21. The highest BCUT2D eigenvalue weighted by Crippen LogP contribution is 2.31. The Kier molecular flexibility index (Phi) is 3.80. The molecule has 5 heteroatoms. The Morgan fingerprint density at radius 2 is 1.78 bits per heavy atom. The van der Waals surface area contributed by atoms with Crippen molar-refractivity contribution in [2.45, 2.75) is 26.4 Å². The van der Waals surface area contributed by atoms with Gasteiger partial charge in [-0.1, -0.05) is 0 Å². The normalized spacial score (nSPS) is 28.6. The molecule has 2 aliphatic rings. The van der Waals surface area contributed by atoms with Gasteiger partial charge in [0.25, 0.3) is 0 Å². The number of hydrogen-bond acceptors (Lipinski definition) is 3. The fourth-order valence-corrected chi connectivity index (χ4v) is 2.87. The zero-order valence-corrected chi connectivity index (χ0v) is 11.5. The zero-order chi connectivity index (χ0) is 13.3. The average molecular weight is 258 g/mol. The third-order valence-corrected chi connectivity index (χ3v) is 3.61. The first-order chi connectivity index (χ1) is 8.39. The Morgan fingerprint density at radius 1 is 1.22 bits per heavy atom. The van der Waals surface area contributed by atoms with Gasteiger partial charge in [-0.3, -0.25) is 0 Å². The van der Waals surface area contributed by atoms with Gasteiger partial charge >= 0.3 is 6.09 Å². The monoisotopic (exact) mass is 258 g/mol. The first-order valence-electron chi connectivity index (χ1n) is 6.65. The van der Waals surface area contributed by atoms with Crippen LogP contribution in [-0.4, -0.2) is 60.9 Å². The molecule has 0 aromatic rings. The predicted octanol–water partition coefficient (Wildman–Crippen LogP) is 1.75. The summed E-state index contributed by atoms with van der Waals surface area (Å²) in [6.07, 6.45) is -0.214. The summed E-state index contributed by atoms with van der Waals surface area (Å²) in [5.41, 5.74) is -0.435. The van der Waals surface area contributed by atoms with Crippen LogP contribution in [0.3, 0.4) is 0 Å². The van der Waals surface area contributed by atoms with E-state index in [1.54, 1.807) is 4.90 Å². The van der Waals surface area contributed by atoms with E-state index in [1.807, 2.05) is 20.8 Å². The Morgan fingerprint density at radius 3 is 2.22 bits per heavy atom. The largest absolute Gasteiger partial charge is 0.444 e. The molecule has 18 heavy (non-hydrogen) atoms. The van der Waals surface area contributed by atoms with Gasteiger partial charge in [0.05, 0.1) is 0 Å². The zero-order valence-electron chi connectivity index (χ0n) is 11.5. The van der Waals surface area contributed by atoms with Crippen LogP contribution in [0, 0.1) is 11.8 Å². The second-order valence-electron chi connectivity index (χ2n) is 6.35. The van der Waals surface area contributed by atoms with Gasteiger partial charge in [-0.15, -0.1) is 0 Å². The maximum Gasteiger partial charge on any atom is 0.410 e. The van der Waals surface area contributed by atoms with E-state index in [2.05, 4.69) is 4.90 Å². The second-order valence-corrected chi connectivity index (χ2v) is 6.35. The molecule has 0 aliphatic carbocycles. The van der Waals surface area contributed by atoms with E-state index < -0.39 is 5.60 Å². The molecule has 1 amide bonds. The van der Waals surface area contributed by atoms with Gasteiger partial charge in [-0.25, -0.2) is 9.18 Å². The van der Waals surface area contributed by atoms with Crippen LogP contribution in [0.15, 0.2) is 0 Å². The molecule has 0 aromatic heterocycles. The van der Waals surface area contributed by atoms with Gasteiger partial charge in [0.2, 0.25) is 0 Å². The average Bonchev–Trinajstić information content (AvgIpc) is 2.72. The van der Waals surface area contributed by atoms with E-state index in [0.29, 0.717) is 18.4 Å². The van der Waals surface area contributed by atoms with Crippen LogP contribution in [0.25, 0.3) is 0 Å². The minimum Gasteiger partial charge on any atom is -0.444 e. The van der Waals surface area contributed by atoms with Crippen LogP contribution in [0.5, 0.6) is 0 Å². The van der Waals surface area contributed by atoms with Gasteiger partial charge in [0.15, 0.2) is 0 Å². The van der Waals surface area contributed by atoms with Gasteiger partial charge < -0.3 is 14.5 Å². The van der Waals surface area contributed by atoms with Crippen LogP contribution >= 0.6 is 0 Å². The van der Waals surface area contributed by atoms with Crippen LogP contribution in [0.4, 0.5) is 9.18 Å². The predicted molar refractivity (Wildman–Crippen MR) is 67.2 cm³/mol. The lowest BCUT2D eigenvalue weighted by Crippen LogP contribution is -2.37.